The van der Waals surface area contributed by atoms with Crippen LogP contribution in [-0.4, -0.2) is 52.9 Å². The van der Waals surface area contributed by atoms with Crippen LogP contribution in [0.2, 0.25) is 0 Å². The summed E-state index contributed by atoms with van der Waals surface area (Å²) >= 11 is 0. The van der Waals surface area contributed by atoms with Crippen molar-refractivity contribution in [2.24, 2.45) is 0 Å². The van der Waals surface area contributed by atoms with Crippen LogP contribution in [0.15, 0.2) is 0 Å². The second-order valence-electron chi connectivity index (χ2n) is 45.9. The molecule has 146 heavy (non-hydrogen) atoms. The maximum atomic E-state index is 17.4. The van der Waals surface area contributed by atoms with Crippen LogP contribution < -0.4 is 0 Å². The summed E-state index contributed by atoms with van der Waals surface area (Å²) in [5.74, 6) is -2.18. The Kier molecular flexibility index (Phi) is 117. The molecule has 0 aliphatic heterocycles. The maximum absolute atomic E-state index is 17.4. The molecular formula is C126H258O16P4. The third-order valence-corrected chi connectivity index (χ3v) is 35.6. The Morgan fingerprint density at radius 3 is 0.445 bits per heavy atom. The largest absolute Gasteiger partial charge is 0.482 e. The Morgan fingerprint density at radius 2 is 0.288 bits per heavy atom. The number of hydrogen-bond acceptors (Lipinski definition) is 13. The molecule has 0 aromatic carbocycles. The van der Waals surface area contributed by atoms with Crippen LogP contribution in [0.3, 0.4) is 0 Å². The highest BCUT2D eigenvalue weighted by Crippen LogP contribution is 2.63. The standard InChI is InChI=1S/C126H258O16P4/c1-8-15-22-29-36-43-50-57-64-71-78-85-92-99-106-113-120-126(119-112-105-98-91-84-77-70-63-56-49-42-35-28-21-14-7,141-145(131,132)136-123-116-109-102-95-88-81-74-67-60-53-46-39-32-25-18-11-4)142-146(133,139-124(117-110-103-96-89-82-75-68-61-54-47-40-33-26-19-12-5)137-143(127,128)134-121-114-107-100-93-86-79-72-65-58-51-44-37-30-23-16-9-2)140-125(118-111-104-97-90-83-76-69-62-55-48-41-34-27-20-13-6)138-144(129,130)135-122-115-108-101-94-87-80-73-66-59-52-45-38-31-24-17-10-3/h124-125H,8-123H2,1-7H3,(H,127,128)(H,129,130)(H,131,132). The Hall–Kier alpha value is 0.440. The first kappa shape index (κ1) is 146. The number of hydrogen-bond donors (Lipinski definition) is 3. The van der Waals surface area contributed by atoms with Gasteiger partial charge in [-0.25, -0.2) is 18.3 Å². The van der Waals surface area contributed by atoms with E-state index in [0.717, 1.165) is 193 Å². The first-order valence-corrected chi connectivity index (χ1v) is 72.1. The first-order valence-electron chi connectivity index (χ1n) is 66.2. The predicted octanol–water partition coefficient (Wildman–Crippen LogP) is 48.1. The highest BCUT2D eigenvalue weighted by Gasteiger charge is 2.50. The van der Waals surface area contributed by atoms with Gasteiger partial charge in [0.15, 0.2) is 18.4 Å². The van der Waals surface area contributed by atoms with E-state index in [1.54, 1.807) is 0 Å². The lowest BCUT2D eigenvalue weighted by atomic mass is 9.98. The monoisotopic (exact) mass is 2150 g/mol. The van der Waals surface area contributed by atoms with Crippen LogP contribution in [0, 0.1) is 0 Å². The van der Waals surface area contributed by atoms with E-state index in [4.69, 9.17) is 40.7 Å². The molecule has 0 fully saturated rings. The van der Waals surface area contributed by atoms with E-state index < -0.39 is 49.7 Å². The Labute approximate surface area is 911 Å². The van der Waals surface area contributed by atoms with Gasteiger partial charge in [0.1, 0.15) is 0 Å². The Balaban J connectivity index is 8.19. The van der Waals surface area contributed by atoms with Crippen LogP contribution in [0.25, 0.3) is 0 Å². The molecule has 0 aliphatic carbocycles. The molecule has 0 bridgehead atoms. The third-order valence-electron chi connectivity index (χ3n) is 31.0. The minimum Gasteiger partial charge on any atom is -0.302 e. The van der Waals surface area contributed by atoms with Crippen LogP contribution in [0.4, 0.5) is 0 Å². The van der Waals surface area contributed by atoms with E-state index in [-0.39, 0.29) is 45.5 Å². The van der Waals surface area contributed by atoms with Crippen molar-refractivity contribution in [3.8, 4) is 0 Å². The Morgan fingerprint density at radius 1 is 0.158 bits per heavy atom. The average molecular weight is 2150 g/mol. The van der Waals surface area contributed by atoms with Crippen molar-refractivity contribution in [1.82, 2.24) is 0 Å². The van der Waals surface area contributed by atoms with Crippen molar-refractivity contribution < 1.29 is 73.7 Å². The van der Waals surface area contributed by atoms with Crippen LogP contribution in [0.1, 0.15) is 774 Å². The molecule has 0 aliphatic rings. The van der Waals surface area contributed by atoms with Crippen LogP contribution in [-0.2, 0) is 59.0 Å². The third kappa shape index (κ3) is 111. The van der Waals surface area contributed by atoms with Gasteiger partial charge in [-0.05, 0) is 57.8 Å². The number of unbranched alkanes of at least 4 members (excludes halogenated alkanes) is 102. The maximum Gasteiger partial charge on any atom is 0.482 e. The highest BCUT2D eigenvalue weighted by molar-refractivity contribution is 7.49. The van der Waals surface area contributed by atoms with Crippen molar-refractivity contribution in [3.63, 3.8) is 0 Å². The summed E-state index contributed by atoms with van der Waals surface area (Å²) in [6, 6.07) is 0. The molecule has 16 nitrogen and oxygen atoms in total. The fraction of sp³-hybridized carbons (Fsp3) is 1.00. The van der Waals surface area contributed by atoms with Crippen molar-refractivity contribution >= 4 is 31.3 Å². The first-order chi connectivity index (χ1) is 71.5. The van der Waals surface area contributed by atoms with E-state index in [2.05, 4.69) is 48.5 Å². The fourth-order valence-electron chi connectivity index (χ4n) is 21.3. The molecule has 0 aromatic rings. The lowest BCUT2D eigenvalue weighted by Gasteiger charge is -2.38. The van der Waals surface area contributed by atoms with Crippen LogP contribution in [0.5, 0.6) is 0 Å². The number of rotatable bonds is 131. The van der Waals surface area contributed by atoms with Crippen molar-refractivity contribution in [3.05, 3.63) is 0 Å². The molecule has 6 unspecified atom stereocenters. The van der Waals surface area contributed by atoms with Crippen molar-refractivity contribution in [2.75, 3.05) is 19.8 Å². The van der Waals surface area contributed by atoms with Crippen molar-refractivity contribution in [2.45, 2.75) is 792 Å². The minimum absolute atomic E-state index is 0.00924. The van der Waals surface area contributed by atoms with Gasteiger partial charge in [0, 0.05) is 12.8 Å². The second-order valence-corrected chi connectivity index (χ2v) is 51.6. The van der Waals surface area contributed by atoms with E-state index in [1.807, 2.05) is 0 Å². The SMILES string of the molecule is CCCCCCCCCCCCCCCCCCOP(=O)(O)OC(CCCCCCCCCCCCCCCCC)OP(=O)(OC(CCCCCCCCCCCCCCCCC)OP(=O)(O)OCCCCCCCCCCCCCCCCCC)OC(CCCCCCCCCCCCCCCCC)(CCCCCCCCCCCCCCCCCC)OP(=O)(O)OCCCCCCCCCCCCCCCCCC. The smallest absolute Gasteiger partial charge is 0.302 e. The predicted molar refractivity (Wildman–Crippen MR) is 633 cm³/mol. The van der Waals surface area contributed by atoms with Gasteiger partial charge in [0.25, 0.3) is 0 Å². The zero-order valence-electron chi connectivity index (χ0n) is 99.1. The quantitative estimate of drug-likeness (QED) is 0.0293. The molecule has 0 aromatic heterocycles. The Bertz CT molecular complexity index is 2610. The van der Waals surface area contributed by atoms with Gasteiger partial charge in [-0.2, -0.15) is 0 Å². The lowest BCUT2D eigenvalue weighted by molar-refractivity contribution is -0.177. The fourth-order valence-corrected chi connectivity index (χ4v) is 25.9. The molecule has 3 N–H and O–H groups in total. The molecule has 0 saturated carbocycles. The molecular weight excluding hydrogens is 1890 g/mol. The molecule has 20 heteroatoms. The van der Waals surface area contributed by atoms with Gasteiger partial charge in [-0.3, -0.25) is 40.7 Å². The number of phosphoric acid groups is 4. The molecule has 0 saturated heterocycles. The lowest BCUT2D eigenvalue weighted by Crippen LogP contribution is -2.36. The minimum atomic E-state index is -5.51. The molecule has 6 atom stereocenters. The highest BCUT2D eigenvalue weighted by atomic mass is 31.2. The molecule has 0 spiro atoms. The summed E-state index contributed by atoms with van der Waals surface area (Å²) in [4.78, 5) is 36.7. The van der Waals surface area contributed by atoms with E-state index in [0.29, 0.717) is 57.8 Å². The van der Waals surface area contributed by atoms with Gasteiger partial charge in [-0.15, -0.1) is 0 Å². The topological polar surface area (TPSA) is 212 Å². The van der Waals surface area contributed by atoms with E-state index >= 15 is 9.13 Å². The average Bonchev–Trinajstić information content (AvgIpc) is 0.788. The molecule has 0 radical (unpaired) electrons. The molecule has 0 rings (SSSR count). The summed E-state index contributed by atoms with van der Waals surface area (Å²) in [5, 5.41) is 0. The summed E-state index contributed by atoms with van der Waals surface area (Å²) < 4.78 is 120. The van der Waals surface area contributed by atoms with Gasteiger partial charge >= 0.3 is 31.3 Å². The van der Waals surface area contributed by atoms with Gasteiger partial charge in [0.2, 0.25) is 0 Å². The molecule has 0 heterocycles. The molecule has 0 amide bonds. The zero-order chi connectivity index (χ0) is 106. The van der Waals surface area contributed by atoms with E-state index in [9.17, 15) is 23.8 Å². The summed E-state index contributed by atoms with van der Waals surface area (Å²) in [6.07, 6.45) is 123. The normalized spacial score (nSPS) is 14.6. The van der Waals surface area contributed by atoms with E-state index in [1.165, 1.54) is 449 Å². The van der Waals surface area contributed by atoms with Gasteiger partial charge in [-0.1, -0.05) is 703 Å². The van der Waals surface area contributed by atoms with Crippen molar-refractivity contribution in [1.29, 1.82) is 0 Å². The second kappa shape index (κ2) is 116. The van der Waals surface area contributed by atoms with Crippen LogP contribution >= 0.6 is 31.3 Å². The summed E-state index contributed by atoms with van der Waals surface area (Å²) in [7, 11) is -20.6. The zero-order valence-corrected chi connectivity index (χ0v) is 103. The summed E-state index contributed by atoms with van der Waals surface area (Å²) in [5.41, 5.74) is 0. The summed E-state index contributed by atoms with van der Waals surface area (Å²) in [6.45, 7) is 15.8. The van der Waals surface area contributed by atoms with Gasteiger partial charge < -0.3 is 14.7 Å². The van der Waals surface area contributed by atoms with Gasteiger partial charge in [0.05, 0.1) is 19.8 Å². The number of phosphoric ester groups is 4. The molecule has 878 valence electrons.